The fourth-order valence-corrected chi connectivity index (χ4v) is 2.04. The molecular formula is C8H13NO4. The number of aliphatic hydroxyl groups is 1. The molecule has 0 aromatic carbocycles. The highest BCUT2D eigenvalue weighted by atomic mass is 16.8. The maximum absolute atomic E-state index is 9.89. The molecule has 0 aromatic heterocycles. The number of hydrogen-bond acceptors (Lipinski definition) is 5. The number of epoxide rings is 1. The Morgan fingerprint density at radius 1 is 1.23 bits per heavy atom. The first-order valence-electron chi connectivity index (χ1n) is 4.67. The minimum atomic E-state index is -1.42. The first-order chi connectivity index (χ1) is 6.28. The van der Waals surface area contributed by atoms with Gasteiger partial charge >= 0.3 is 0 Å². The van der Waals surface area contributed by atoms with Crippen molar-refractivity contribution in [3.05, 3.63) is 0 Å². The normalized spacial score (nSPS) is 47.3. The maximum Gasteiger partial charge on any atom is 0.297 e. The minimum absolute atomic E-state index is 0.154. The van der Waals surface area contributed by atoms with Gasteiger partial charge in [0.25, 0.3) is 5.97 Å². The van der Waals surface area contributed by atoms with E-state index in [2.05, 4.69) is 5.32 Å². The second kappa shape index (κ2) is 2.65. The number of ether oxygens (including phenoxy) is 3. The summed E-state index contributed by atoms with van der Waals surface area (Å²) in [6.07, 6.45) is 1.41. The molecule has 2 N–H and O–H groups in total. The predicted octanol–water partition coefficient (Wildman–Crippen LogP) is -1.19. The molecule has 3 rings (SSSR count). The van der Waals surface area contributed by atoms with Crippen LogP contribution in [0.4, 0.5) is 0 Å². The Hall–Kier alpha value is -0.200. The minimum Gasteiger partial charge on any atom is -0.368 e. The van der Waals surface area contributed by atoms with E-state index in [0.29, 0.717) is 25.4 Å². The summed E-state index contributed by atoms with van der Waals surface area (Å²) in [6, 6.07) is -0.154. The lowest BCUT2D eigenvalue weighted by atomic mass is 10.0. The average Bonchev–Trinajstić information content (AvgIpc) is 2.79. The number of piperidine rings is 1. The summed E-state index contributed by atoms with van der Waals surface area (Å²) >= 11 is 0. The molecule has 3 aliphatic heterocycles. The molecule has 0 aliphatic carbocycles. The van der Waals surface area contributed by atoms with Gasteiger partial charge in [-0.1, -0.05) is 0 Å². The molecule has 3 heterocycles. The Balaban J connectivity index is 1.69. The van der Waals surface area contributed by atoms with Gasteiger partial charge in [0.1, 0.15) is 0 Å². The smallest absolute Gasteiger partial charge is 0.297 e. The molecule has 3 saturated heterocycles. The maximum atomic E-state index is 9.89. The molecule has 3 fully saturated rings. The Kier molecular flexibility index (Phi) is 1.66. The highest BCUT2D eigenvalue weighted by Crippen LogP contribution is 2.34. The molecule has 74 valence electrons. The van der Waals surface area contributed by atoms with Crippen LogP contribution in [0.25, 0.3) is 0 Å². The van der Waals surface area contributed by atoms with E-state index < -0.39 is 5.97 Å². The van der Waals surface area contributed by atoms with Crippen molar-refractivity contribution in [3.8, 4) is 0 Å². The molecule has 0 amide bonds. The second-order valence-electron chi connectivity index (χ2n) is 3.74. The molecule has 3 atom stereocenters. The summed E-state index contributed by atoms with van der Waals surface area (Å²) in [5, 5.41) is 13.1. The summed E-state index contributed by atoms with van der Waals surface area (Å²) in [7, 11) is 0. The highest BCUT2D eigenvalue weighted by Gasteiger charge is 2.52. The van der Waals surface area contributed by atoms with E-state index in [1.54, 1.807) is 0 Å². The van der Waals surface area contributed by atoms with Crippen LogP contribution in [0.2, 0.25) is 0 Å². The predicted molar refractivity (Wildman–Crippen MR) is 41.9 cm³/mol. The van der Waals surface area contributed by atoms with Gasteiger partial charge in [-0.05, 0) is 6.42 Å². The van der Waals surface area contributed by atoms with Gasteiger partial charge < -0.3 is 24.6 Å². The first kappa shape index (κ1) is 8.14. The van der Waals surface area contributed by atoms with E-state index >= 15 is 0 Å². The Bertz CT molecular complexity index is 216. The second-order valence-corrected chi connectivity index (χ2v) is 3.74. The van der Waals surface area contributed by atoms with Gasteiger partial charge in [0.15, 0.2) is 0 Å². The van der Waals surface area contributed by atoms with Crippen LogP contribution in [0.3, 0.4) is 0 Å². The summed E-state index contributed by atoms with van der Waals surface area (Å²) in [5.74, 6) is -1.42. The van der Waals surface area contributed by atoms with Gasteiger partial charge in [0, 0.05) is 6.54 Å². The third-order valence-electron chi connectivity index (χ3n) is 2.86. The molecule has 0 aromatic rings. The molecule has 5 nitrogen and oxygen atoms in total. The van der Waals surface area contributed by atoms with Crippen LogP contribution in [0.1, 0.15) is 6.42 Å². The number of fused-ring (bicyclic) bond motifs is 1. The molecule has 13 heavy (non-hydrogen) atoms. The van der Waals surface area contributed by atoms with Crippen molar-refractivity contribution in [2.24, 2.45) is 0 Å². The zero-order valence-corrected chi connectivity index (χ0v) is 7.23. The Morgan fingerprint density at radius 3 is 2.69 bits per heavy atom. The van der Waals surface area contributed by atoms with E-state index in [9.17, 15) is 5.11 Å². The van der Waals surface area contributed by atoms with Gasteiger partial charge in [0.2, 0.25) is 0 Å². The largest absolute Gasteiger partial charge is 0.368 e. The molecule has 3 unspecified atom stereocenters. The number of rotatable bonds is 1. The topological polar surface area (TPSA) is 63.2 Å². The van der Waals surface area contributed by atoms with Crippen LogP contribution >= 0.6 is 0 Å². The molecule has 5 heteroatoms. The summed E-state index contributed by atoms with van der Waals surface area (Å²) in [6.45, 7) is 1.71. The van der Waals surface area contributed by atoms with Crippen LogP contribution in [-0.2, 0) is 14.2 Å². The zero-order valence-electron chi connectivity index (χ0n) is 7.23. The van der Waals surface area contributed by atoms with E-state index in [0.717, 1.165) is 13.0 Å². The standard InChI is InChI=1S/C8H13NO4/c10-8(11-1-2-12-8)7-3-5-6(13-5)4-9-7/h5-7,9-10H,1-4H2. The van der Waals surface area contributed by atoms with Crippen molar-refractivity contribution >= 4 is 0 Å². The van der Waals surface area contributed by atoms with Crippen LogP contribution < -0.4 is 5.32 Å². The monoisotopic (exact) mass is 187 g/mol. The molecule has 0 radical (unpaired) electrons. The highest BCUT2D eigenvalue weighted by molar-refractivity contribution is 4.98. The fourth-order valence-electron chi connectivity index (χ4n) is 2.04. The van der Waals surface area contributed by atoms with Crippen molar-refractivity contribution < 1.29 is 19.3 Å². The fraction of sp³-hybridized carbons (Fsp3) is 1.00. The summed E-state index contributed by atoms with van der Waals surface area (Å²) in [4.78, 5) is 0. The van der Waals surface area contributed by atoms with Crippen molar-refractivity contribution in [2.75, 3.05) is 19.8 Å². The van der Waals surface area contributed by atoms with Gasteiger partial charge in [-0.3, -0.25) is 0 Å². The summed E-state index contributed by atoms with van der Waals surface area (Å²) in [5.41, 5.74) is 0. The molecule has 0 spiro atoms. The van der Waals surface area contributed by atoms with E-state index in [1.165, 1.54) is 0 Å². The van der Waals surface area contributed by atoms with Crippen LogP contribution in [0.15, 0.2) is 0 Å². The van der Waals surface area contributed by atoms with Crippen LogP contribution in [-0.4, -0.2) is 49.1 Å². The third kappa shape index (κ3) is 1.28. The van der Waals surface area contributed by atoms with Crippen molar-refractivity contribution in [1.82, 2.24) is 5.32 Å². The number of hydrogen-bond donors (Lipinski definition) is 2. The van der Waals surface area contributed by atoms with Crippen LogP contribution in [0.5, 0.6) is 0 Å². The molecule has 0 bridgehead atoms. The Morgan fingerprint density at radius 2 is 2.00 bits per heavy atom. The van der Waals surface area contributed by atoms with Gasteiger partial charge in [0.05, 0.1) is 31.5 Å². The first-order valence-corrected chi connectivity index (χ1v) is 4.67. The van der Waals surface area contributed by atoms with Crippen molar-refractivity contribution in [3.63, 3.8) is 0 Å². The average molecular weight is 187 g/mol. The molecule has 0 saturated carbocycles. The summed E-state index contributed by atoms with van der Waals surface area (Å²) < 4.78 is 15.7. The Labute approximate surface area is 76.0 Å². The quantitative estimate of drug-likeness (QED) is 0.505. The van der Waals surface area contributed by atoms with Gasteiger partial charge in [-0.2, -0.15) is 0 Å². The van der Waals surface area contributed by atoms with Crippen molar-refractivity contribution in [2.45, 2.75) is 30.6 Å². The van der Waals surface area contributed by atoms with E-state index in [1.807, 2.05) is 0 Å². The SMILES string of the molecule is OC1(C2CC3OC3CN2)OCCO1. The van der Waals surface area contributed by atoms with E-state index in [-0.39, 0.29) is 6.04 Å². The number of nitrogens with one attached hydrogen (secondary N) is 1. The molecule has 3 aliphatic rings. The lowest BCUT2D eigenvalue weighted by molar-refractivity contribution is -0.322. The third-order valence-corrected chi connectivity index (χ3v) is 2.86. The van der Waals surface area contributed by atoms with Crippen LogP contribution in [0, 0.1) is 0 Å². The van der Waals surface area contributed by atoms with Gasteiger partial charge in [-0.15, -0.1) is 0 Å². The zero-order chi connectivity index (χ0) is 8.89. The molecular weight excluding hydrogens is 174 g/mol. The lowest BCUT2D eigenvalue weighted by Crippen LogP contribution is -2.55. The lowest BCUT2D eigenvalue weighted by Gasteiger charge is -2.32. The van der Waals surface area contributed by atoms with E-state index in [4.69, 9.17) is 14.2 Å². The van der Waals surface area contributed by atoms with Gasteiger partial charge in [-0.25, -0.2) is 0 Å². The van der Waals surface area contributed by atoms with Crippen molar-refractivity contribution in [1.29, 1.82) is 0 Å².